The molecule has 0 aromatic carbocycles. The Balaban J connectivity index is 2.72. The maximum Gasteiger partial charge on any atom is 0.329 e. The number of sulfonamides is 1. The van der Waals surface area contributed by atoms with Crippen LogP contribution in [0.3, 0.4) is 0 Å². The molecule has 0 aromatic rings. The molecule has 0 aromatic heterocycles. The number of amides is 1. The summed E-state index contributed by atoms with van der Waals surface area (Å²) in [5.74, 6) is -1.22. The highest BCUT2D eigenvalue weighted by atomic mass is 32.2. The Labute approximate surface area is 132 Å². The number of carboxylic acids is 1. The van der Waals surface area contributed by atoms with E-state index in [0.717, 1.165) is 23.6 Å². The van der Waals surface area contributed by atoms with Gasteiger partial charge in [0.15, 0.2) is 0 Å². The lowest BCUT2D eigenvalue weighted by Crippen LogP contribution is -2.58. The van der Waals surface area contributed by atoms with E-state index in [9.17, 15) is 23.1 Å². The molecular formula is C14H26N2O5S. The normalized spacial score (nSPS) is 25.9. The molecule has 0 unspecified atom stereocenters. The number of carbonyl (C=O) groups is 2. The molecule has 2 N–H and O–H groups in total. The molecule has 8 heteroatoms. The summed E-state index contributed by atoms with van der Waals surface area (Å²) in [4.78, 5) is 23.7. The van der Waals surface area contributed by atoms with Crippen LogP contribution in [0.4, 0.5) is 0 Å². The van der Waals surface area contributed by atoms with E-state index in [4.69, 9.17) is 0 Å². The van der Waals surface area contributed by atoms with Crippen LogP contribution in [-0.2, 0) is 19.6 Å². The minimum absolute atomic E-state index is 0.0982. The average molecular weight is 334 g/mol. The first-order chi connectivity index (χ1) is 10.2. The fourth-order valence-electron chi connectivity index (χ4n) is 2.80. The summed E-state index contributed by atoms with van der Waals surface area (Å²) in [7, 11) is -2.14. The first-order valence-electron chi connectivity index (χ1n) is 7.65. The van der Waals surface area contributed by atoms with Gasteiger partial charge in [-0.2, -0.15) is 4.31 Å². The van der Waals surface area contributed by atoms with E-state index in [2.05, 4.69) is 12.2 Å². The van der Waals surface area contributed by atoms with Crippen molar-refractivity contribution in [3.63, 3.8) is 0 Å². The van der Waals surface area contributed by atoms with Gasteiger partial charge in [0.2, 0.25) is 15.9 Å². The van der Waals surface area contributed by atoms with Gasteiger partial charge >= 0.3 is 5.97 Å². The number of likely N-dealkylation sites (N-methyl/N-ethyl adjacent to an activating group) is 1. The lowest BCUT2D eigenvalue weighted by molar-refractivity contribution is -0.149. The van der Waals surface area contributed by atoms with Crippen molar-refractivity contribution >= 4 is 21.9 Å². The number of carbonyl (C=O) groups excluding carboxylic acids is 1. The van der Waals surface area contributed by atoms with Gasteiger partial charge < -0.3 is 10.4 Å². The number of nitrogens with one attached hydrogen (secondary N) is 1. The molecule has 7 nitrogen and oxygen atoms in total. The molecule has 0 heterocycles. The molecule has 0 aliphatic heterocycles. The van der Waals surface area contributed by atoms with Gasteiger partial charge in [0.1, 0.15) is 5.54 Å². The van der Waals surface area contributed by atoms with E-state index in [0.29, 0.717) is 18.8 Å². The molecule has 1 fully saturated rings. The van der Waals surface area contributed by atoms with Gasteiger partial charge in [0.05, 0.1) is 12.3 Å². The Kier molecular flexibility index (Phi) is 6.37. The van der Waals surface area contributed by atoms with Crippen LogP contribution in [-0.4, -0.2) is 54.6 Å². The van der Waals surface area contributed by atoms with Gasteiger partial charge in [-0.05, 0) is 38.5 Å². The predicted molar refractivity (Wildman–Crippen MR) is 82.8 cm³/mol. The van der Waals surface area contributed by atoms with Crippen LogP contribution in [0.1, 0.15) is 46.0 Å². The minimum Gasteiger partial charge on any atom is -0.480 e. The number of rotatable bonds is 7. The maximum absolute atomic E-state index is 12.1. The van der Waals surface area contributed by atoms with Gasteiger partial charge in [0.25, 0.3) is 0 Å². The van der Waals surface area contributed by atoms with E-state index in [1.807, 2.05) is 0 Å². The molecule has 1 aliphatic rings. The van der Waals surface area contributed by atoms with Gasteiger partial charge in [-0.3, -0.25) is 4.79 Å². The van der Waals surface area contributed by atoms with E-state index in [1.54, 1.807) is 0 Å². The molecule has 0 spiro atoms. The summed E-state index contributed by atoms with van der Waals surface area (Å²) < 4.78 is 24.3. The van der Waals surface area contributed by atoms with Crippen molar-refractivity contribution in [1.29, 1.82) is 0 Å². The lowest BCUT2D eigenvalue weighted by Gasteiger charge is -2.37. The van der Waals surface area contributed by atoms with Gasteiger partial charge in [-0.1, -0.05) is 13.3 Å². The van der Waals surface area contributed by atoms with Crippen LogP contribution in [0.5, 0.6) is 0 Å². The summed E-state index contributed by atoms with van der Waals surface area (Å²) in [6.07, 6.45) is 3.28. The monoisotopic (exact) mass is 334 g/mol. The van der Waals surface area contributed by atoms with Crippen LogP contribution in [0.25, 0.3) is 0 Å². The highest BCUT2D eigenvalue weighted by molar-refractivity contribution is 7.89. The zero-order chi connectivity index (χ0) is 17.0. The quantitative estimate of drug-likeness (QED) is 0.717. The van der Waals surface area contributed by atoms with Crippen LogP contribution in [0.2, 0.25) is 0 Å². The zero-order valence-corrected chi connectivity index (χ0v) is 14.3. The molecule has 0 bridgehead atoms. The third-order valence-electron chi connectivity index (χ3n) is 4.53. The standard InChI is InChI=1S/C14H26N2O5S/c1-4-11-6-8-14(9-7-11,13(18)19)15-12(17)10-16(3)22(20,21)5-2/h11H,4-10H2,1-3H3,(H,15,17)(H,18,19). The molecule has 128 valence electrons. The Hall–Kier alpha value is -1.15. The molecule has 1 rings (SSSR count). The van der Waals surface area contributed by atoms with Crippen LogP contribution >= 0.6 is 0 Å². The molecule has 0 atom stereocenters. The fraction of sp³-hybridized carbons (Fsp3) is 0.857. The van der Waals surface area contributed by atoms with Gasteiger partial charge in [0, 0.05) is 7.05 Å². The third kappa shape index (κ3) is 4.42. The average Bonchev–Trinajstić information content (AvgIpc) is 2.47. The largest absolute Gasteiger partial charge is 0.480 e. The molecule has 0 saturated heterocycles. The minimum atomic E-state index is -3.46. The zero-order valence-electron chi connectivity index (χ0n) is 13.5. The lowest BCUT2D eigenvalue weighted by atomic mass is 9.75. The first-order valence-corrected chi connectivity index (χ1v) is 9.26. The third-order valence-corrected chi connectivity index (χ3v) is 6.34. The van der Waals surface area contributed by atoms with E-state index in [1.165, 1.54) is 14.0 Å². The maximum atomic E-state index is 12.1. The summed E-state index contributed by atoms with van der Waals surface area (Å²) >= 11 is 0. The molecule has 0 radical (unpaired) electrons. The summed E-state index contributed by atoms with van der Waals surface area (Å²) in [5.41, 5.74) is -1.26. The number of aliphatic carboxylic acids is 1. The van der Waals surface area contributed by atoms with E-state index in [-0.39, 0.29) is 12.3 Å². The second-order valence-electron chi connectivity index (χ2n) is 5.94. The van der Waals surface area contributed by atoms with Crippen molar-refractivity contribution < 1.29 is 23.1 Å². The Morgan fingerprint density at radius 1 is 1.27 bits per heavy atom. The highest BCUT2D eigenvalue weighted by Crippen LogP contribution is 2.34. The SMILES string of the molecule is CCC1CCC(NC(=O)CN(C)S(=O)(=O)CC)(C(=O)O)CC1. The summed E-state index contributed by atoms with van der Waals surface area (Å²) in [6.45, 7) is 3.21. The van der Waals surface area contributed by atoms with Gasteiger partial charge in [-0.25, -0.2) is 13.2 Å². The smallest absolute Gasteiger partial charge is 0.329 e. The summed E-state index contributed by atoms with van der Waals surface area (Å²) in [5, 5.41) is 12.0. The van der Waals surface area contributed by atoms with Crippen molar-refractivity contribution in [3.8, 4) is 0 Å². The second kappa shape index (κ2) is 7.41. The van der Waals surface area contributed by atoms with Gasteiger partial charge in [-0.15, -0.1) is 0 Å². The topological polar surface area (TPSA) is 104 Å². The van der Waals surface area contributed by atoms with Crippen molar-refractivity contribution in [1.82, 2.24) is 9.62 Å². The Morgan fingerprint density at radius 3 is 2.23 bits per heavy atom. The number of carboxylic acid groups (broad SMARTS) is 1. The van der Waals surface area contributed by atoms with E-state index >= 15 is 0 Å². The molecule has 1 aliphatic carbocycles. The van der Waals surface area contributed by atoms with E-state index < -0.39 is 27.4 Å². The van der Waals surface area contributed by atoms with Crippen molar-refractivity contribution in [3.05, 3.63) is 0 Å². The Bertz CT molecular complexity index is 509. The van der Waals surface area contributed by atoms with Crippen molar-refractivity contribution in [2.24, 2.45) is 5.92 Å². The number of hydrogen-bond acceptors (Lipinski definition) is 4. The molecule has 22 heavy (non-hydrogen) atoms. The van der Waals surface area contributed by atoms with Crippen LogP contribution in [0, 0.1) is 5.92 Å². The van der Waals surface area contributed by atoms with Crippen LogP contribution < -0.4 is 5.32 Å². The van der Waals surface area contributed by atoms with Crippen molar-refractivity contribution in [2.75, 3.05) is 19.3 Å². The number of nitrogens with zero attached hydrogens (tertiary/aromatic N) is 1. The predicted octanol–water partition coefficient (Wildman–Crippen LogP) is 0.808. The molecular weight excluding hydrogens is 308 g/mol. The number of hydrogen-bond donors (Lipinski definition) is 2. The summed E-state index contributed by atoms with van der Waals surface area (Å²) in [6, 6.07) is 0. The first kappa shape index (κ1) is 18.9. The highest BCUT2D eigenvalue weighted by Gasteiger charge is 2.43. The van der Waals surface area contributed by atoms with Crippen LogP contribution in [0.15, 0.2) is 0 Å². The Morgan fingerprint density at radius 2 is 1.82 bits per heavy atom. The second-order valence-corrected chi connectivity index (χ2v) is 8.31. The molecule has 1 amide bonds. The van der Waals surface area contributed by atoms with Crippen molar-refractivity contribution in [2.45, 2.75) is 51.5 Å². The fourth-order valence-corrected chi connectivity index (χ4v) is 3.55. The molecule has 1 saturated carbocycles.